The van der Waals surface area contributed by atoms with Crippen LogP contribution in [0.2, 0.25) is 0 Å². The molecule has 4 N–H and O–H groups in total. The first-order valence-electron chi connectivity index (χ1n) is 25.2. The molecular formula is C56H76N4O4. The van der Waals surface area contributed by atoms with E-state index in [2.05, 4.69) is 122 Å². The zero-order valence-electron chi connectivity index (χ0n) is 39.3. The van der Waals surface area contributed by atoms with E-state index < -0.39 is 0 Å². The number of hydrogen-bond acceptors (Lipinski definition) is 8. The Hall–Kier alpha value is -3.44. The van der Waals surface area contributed by atoms with Crippen LogP contribution in [0, 0.1) is 27.7 Å². The van der Waals surface area contributed by atoms with Crippen LogP contribution in [-0.2, 0) is 44.6 Å². The normalized spacial score (nSPS) is 29.1. The van der Waals surface area contributed by atoms with E-state index in [1.165, 1.54) is 118 Å². The molecule has 0 saturated carbocycles. The Morgan fingerprint density at radius 2 is 0.578 bits per heavy atom. The Morgan fingerprint density at radius 1 is 0.344 bits per heavy atom. The highest BCUT2D eigenvalue weighted by atomic mass is 16.5. The molecule has 0 aliphatic carbocycles. The summed E-state index contributed by atoms with van der Waals surface area (Å²) in [6.07, 6.45) is 15.5. The van der Waals surface area contributed by atoms with Crippen LogP contribution in [0.3, 0.4) is 0 Å². The van der Waals surface area contributed by atoms with Gasteiger partial charge in [0.05, 0.1) is 50.8 Å². The highest BCUT2D eigenvalue weighted by Gasteiger charge is 2.34. The van der Waals surface area contributed by atoms with Gasteiger partial charge in [-0.1, -0.05) is 95.1 Å². The van der Waals surface area contributed by atoms with E-state index in [1.54, 1.807) is 0 Å². The minimum atomic E-state index is 0.284. The first kappa shape index (κ1) is 45.7. The molecule has 0 aromatic heterocycles. The van der Waals surface area contributed by atoms with Gasteiger partial charge in [0, 0.05) is 24.2 Å². The molecule has 344 valence electrons. The van der Waals surface area contributed by atoms with Gasteiger partial charge in [0.1, 0.15) is 0 Å². The second-order valence-electron chi connectivity index (χ2n) is 19.8. The van der Waals surface area contributed by atoms with Crippen LogP contribution in [-0.4, -0.2) is 76.8 Å². The maximum absolute atomic E-state index is 5.97. The molecule has 8 aliphatic heterocycles. The van der Waals surface area contributed by atoms with Gasteiger partial charge in [-0.15, -0.1) is 0 Å². The van der Waals surface area contributed by atoms with Gasteiger partial charge in [-0.25, -0.2) is 0 Å². The molecule has 4 aromatic carbocycles. The quantitative estimate of drug-likeness (QED) is 0.162. The van der Waals surface area contributed by atoms with Crippen molar-refractivity contribution >= 4 is 0 Å². The number of rotatable bonds is 4. The first-order valence-corrected chi connectivity index (χ1v) is 25.2. The number of benzene rings is 4. The van der Waals surface area contributed by atoms with Crippen LogP contribution in [0.15, 0.2) is 72.8 Å². The summed E-state index contributed by atoms with van der Waals surface area (Å²) in [4.78, 5) is 0. The van der Waals surface area contributed by atoms with Crippen LogP contribution in [0.25, 0.3) is 0 Å². The number of aryl methyl sites for hydroxylation is 4. The van der Waals surface area contributed by atoms with Crippen LogP contribution in [0.5, 0.6) is 0 Å². The third-order valence-electron chi connectivity index (χ3n) is 15.0. The first-order chi connectivity index (χ1) is 31.4. The number of hydrogen-bond donors (Lipinski definition) is 4. The van der Waals surface area contributed by atoms with Gasteiger partial charge in [-0.3, -0.25) is 0 Å². The molecule has 4 fully saturated rings. The second-order valence-corrected chi connectivity index (χ2v) is 19.8. The summed E-state index contributed by atoms with van der Waals surface area (Å²) in [6, 6.07) is 29.2. The molecule has 0 amide bonds. The number of ether oxygens (including phenoxy) is 4. The smallest absolute Gasteiger partial charge is 0.0980 e. The molecule has 12 rings (SSSR count). The maximum Gasteiger partial charge on any atom is 0.0980 e. The van der Waals surface area contributed by atoms with E-state index in [-0.39, 0.29) is 24.4 Å². The summed E-state index contributed by atoms with van der Waals surface area (Å²) in [5, 5.41) is 14.2. The van der Waals surface area contributed by atoms with Crippen molar-refractivity contribution in [2.24, 2.45) is 0 Å². The van der Waals surface area contributed by atoms with Crippen molar-refractivity contribution in [3.63, 3.8) is 0 Å². The molecule has 0 unspecified atom stereocenters. The molecule has 0 radical (unpaired) electrons. The van der Waals surface area contributed by atoms with Crippen LogP contribution >= 0.6 is 0 Å². The van der Waals surface area contributed by atoms with Gasteiger partial charge >= 0.3 is 0 Å². The van der Waals surface area contributed by atoms with E-state index in [0.717, 1.165) is 78.3 Å². The minimum Gasteiger partial charge on any atom is -0.372 e. The molecule has 0 bridgehead atoms. The molecule has 4 aromatic rings. The number of fused-ring (bicyclic) bond motifs is 4. The predicted octanol–water partition coefficient (Wildman–Crippen LogP) is 9.44. The predicted molar refractivity (Wildman–Crippen MR) is 258 cm³/mol. The summed E-state index contributed by atoms with van der Waals surface area (Å²) in [6.45, 7) is 16.7. The summed E-state index contributed by atoms with van der Waals surface area (Å²) < 4.78 is 23.9. The Bertz CT molecular complexity index is 1830. The van der Waals surface area contributed by atoms with E-state index in [1.807, 2.05) is 0 Å². The fraction of sp³-hybridized carbons (Fsp3) is 0.571. The third kappa shape index (κ3) is 11.0. The molecule has 8 nitrogen and oxygen atoms in total. The SMILES string of the molecule is Cc1ccc2c(c1)CCO[C@@H]2[C@@H]1CCCN1.Cc1ccc2c(c1)CCO[C@@H]2[C@H]1CCCN1.Cc1ccc2c(c1)CCO[C@H]2[C@@H]1CCCN1.Cc1ccc2c(c1)CCO[C@H]2[C@H]1CCCN1. The van der Waals surface area contributed by atoms with E-state index in [0.29, 0.717) is 24.2 Å². The average Bonchev–Trinajstić information content (AvgIpc) is 4.18. The van der Waals surface area contributed by atoms with Gasteiger partial charge in [-0.05, 0) is 175 Å². The Labute approximate surface area is 384 Å². The van der Waals surface area contributed by atoms with Gasteiger partial charge in [0.2, 0.25) is 0 Å². The summed E-state index contributed by atoms with van der Waals surface area (Å²) in [7, 11) is 0. The van der Waals surface area contributed by atoms with Gasteiger partial charge in [0.25, 0.3) is 0 Å². The summed E-state index contributed by atoms with van der Waals surface area (Å²) >= 11 is 0. The standard InChI is InChI=1S/4C14H19NO/c4*1-10-4-5-12-11(9-10)6-8-16-14(12)13-3-2-7-15-13/h4*4-5,9,13-15H,2-3,6-8H2,1H3/t2*13-,14+;2*13-,14-/m1010/s1. The van der Waals surface area contributed by atoms with Crippen LogP contribution in [0.4, 0.5) is 0 Å². The van der Waals surface area contributed by atoms with Crippen molar-refractivity contribution in [2.45, 2.75) is 153 Å². The Morgan fingerprint density at radius 3 is 0.781 bits per heavy atom. The fourth-order valence-electron chi connectivity index (χ4n) is 11.7. The molecule has 64 heavy (non-hydrogen) atoms. The fourth-order valence-corrected chi connectivity index (χ4v) is 11.7. The van der Waals surface area contributed by atoms with Crippen LogP contribution in [0.1, 0.15) is 143 Å². The van der Waals surface area contributed by atoms with Crippen molar-refractivity contribution in [3.05, 3.63) is 140 Å². The topological polar surface area (TPSA) is 85.0 Å². The monoisotopic (exact) mass is 869 g/mol. The van der Waals surface area contributed by atoms with E-state index >= 15 is 0 Å². The molecule has 8 heteroatoms. The van der Waals surface area contributed by atoms with Crippen LogP contribution < -0.4 is 21.3 Å². The second kappa shape index (κ2) is 21.9. The lowest BCUT2D eigenvalue weighted by molar-refractivity contribution is 0.0198. The molecule has 8 aliphatic rings. The molecule has 4 saturated heterocycles. The van der Waals surface area contributed by atoms with E-state index in [4.69, 9.17) is 18.9 Å². The Kier molecular flexibility index (Phi) is 15.6. The van der Waals surface area contributed by atoms with Crippen molar-refractivity contribution in [3.8, 4) is 0 Å². The van der Waals surface area contributed by atoms with Gasteiger partial charge in [-0.2, -0.15) is 0 Å². The highest BCUT2D eigenvalue weighted by molar-refractivity contribution is 5.38. The lowest BCUT2D eigenvalue weighted by atomic mass is 9.91. The average molecular weight is 869 g/mol. The maximum atomic E-state index is 5.97. The minimum absolute atomic E-state index is 0.284. The van der Waals surface area contributed by atoms with Gasteiger partial charge in [0.15, 0.2) is 0 Å². The summed E-state index contributed by atoms with van der Waals surface area (Å²) in [5.41, 5.74) is 17.1. The highest BCUT2D eigenvalue weighted by Crippen LogP contribution is 2.37. The molecular weight excluding hydrogens is 793 g/mol. The van der Waals surface area contributed by atoms with E-state index in [9.17, 15) is 0 Å². The lowest BCUT2D eigenvalue weighted by Crippen LogP contribution is -2.33. The van der Waals surface area contributed by atoms with Crippen molar-refractivity contribution in [1.29, 1.82) is 0 Å². The van der Waals surface area contributed by atoms with Crippen molar-refractivity contribution < 1.29 is 18.9 Å². The largest absolute Gasteiger partial charge is 0.372 e. The number of nitrogens with one attached hydrogen (secondary N) is 4. The molecule has 0 spiro atoms. The van der Waals surface area contributed by atoms with Crippen molar-refractivity contribution in [2.75, 3.05) is 52.6 Å². The molecule has 8 atom stereocenters. The third-order valence-corrected chi connectivity index (χ3v) is 15.0. The van der Waals surface area contributed by atoms with Crippen molar-refractivity contribution in [1.82, 2.24) is 21.3 Å². The summed E-state index contributed by atoms with van der Waals surface area (Å²) in [5.74, 6) is 0. The molecule has 8 heterocycles. The Balaban J connectivity index is 0.000000108. The van der Waals surface area contributed by atoms with Gasteiger partial charge < -0.3 is 40.2 Å². The zero-order chi connectivity index (χ0) is 43.8. The lowest BCUT2D eigenvalue weighted by Gasteiger charge is -2.30. The zero-order valence-corrected chi connectivity index (χ0v) is 39.3.